The van der Waals surface area contributed by atoms with E-state index in [0.29, 0.717) is 29.0 Å². The van der Waals surface area contributed by atoms with Crippen LogP contribution in [0.5, 0.6) is 11.5 Å². The van der Waals surface area contributed by atoms with E-state index < -0.39 is 5.97 Å². The van der Waals surface area contributed by atoms with E-state index in [1.807, 2.05) is 12.1 Å². The van der Waals surface area contributed by atoms with Gasteiger partial charge in [-0.3, -0.25) is 0 Å². The van der Waals surface area contributed by atoms with Crippen LogP contribution in [0.2, 0.25) is 0 Å². The summed E-state index contributed by atoms with van der Waals surface area (Å²) in [6.07, 6.45) is 2.49. The molecule has 0 N–H and O–H groups in total. The lowest BCUT2D eigenvalue weighted by Crippen LogP contribution is -2.09. The van der Waals surface area contributed by atoms with E-state index in [4.69, 9.17) is 14.7 Å². The molecule has 0 aliphatic rings. The number of ether oxygens (including phenoxy) is 2. The second-order valence-corrected chi connectivity index (χ2v) is 4.56. The van der Waals surface area contributed by atoms with E-state index in [1.54, 1.807) is 36.4 Å². The maximum Gasteiger partial charge on any atom is 0.343 e. The fraction of sp³-hybridized carbons (Fsp3) is 0.111. The Morgan fingerprint density at radius 3 is 2.77 bits per heavy atom. The highest BCUT2D eigenvalue weighted by Gasteiger charge is 2.13. The fourth-order valence-corrected chi connectivity index (χ4v) is 1.96. The molecule has 0 bridgehead atoms. The van der Waals surface area contributed by atoms with Crippen molar-refractivity contribution in [1.29, 1.82) is 5.26 Å². The minimum atomic E-state index is -0.535. The summed E-state index contributed by atoms with van der Waals surface area (Å²) < 4.78 is 10.6. The SMILES string of the molecule is C=CCc1ccc(OC(=O)c2cccc(C#N)c2)c(OC)c1. The van der Waals surface area contributed by atoms with Crippen LogP contribution in [0, 0.1) is 11.3 Å². The molecule has 0 fully saturated rings. The summed E-state index contributed by atoms with van der Waals surface area (Å²) in [6.45, 7) is 3.69. The smallest absolute Gasteiger partial charge is 0.343 e. The molecule has 2 aromatic rings. The van der Waals surface area contributed by atoms with Crippen molar-refractivity contribution in [3.05, 3.63) is 71.8 Å². The number of nitrogens with zero attached hydrogens (tertiary/aromatic N) is 1. The van der Waals surface area contributed by atoms with Crippen LogP contribution in [0.25, 0.3) is 0 Å². The number of carbonyl (C=O) groups excluding carboxylic acids is 1. The number of methoxy groups -OCH3 is 1. The van der Waals surface area contributed by atoms with Crippen molar-refractivity contribution < 1.29 is 14.3 Å². The molecular formula is C18H15NO3. The minimum absolute atomic E-state index is 0.316. The van der Waals surface area contributed by atoms with E-state index in [1.165, 1.54) is 13.2 Å². The largest absolute Gasteiger partial charge is 0.493 e. The van der Waals surface area contributed by atoms with Crippen LogP contribution in [0.4, 0.5) is 0 Å². The van der Waals surface area contributed by atoms with Gasteiger partial charge in [0.1, 0.15) is 0 Å². The fourth-order valence-electron chi connectivity index (χ4n) is 1.96. The molecule has 4 nitrogen and oxygen atoms in total. The summed E-state index contributed by atoms with van der Waals surface area (Å²) in [5.74, 6) is 0.277. The molecule has 0 saturated carbocycles. The maximum atomic E-state index is 12.2. The molecule has 0 unspecified atom stereocenters. The molecule has 0 saturated heterocycles. The number of allylic oxidation sites excluding steroid dienone is 1. The third-order valence-electron chi connectivity index (χ3n) is 3.04. The quantitative estimate of drug-likeness (QED) is 0.481. The monoisotopic (exact) mass is 293 g/mol. The summed E-state index contributed by atoms with van der Waals surface area (Å²) in [5.41, 5.74) is 1.73. The van der Waals surface area contributed by atoms with Crippen LogP contribution in [0.1, 0.15) is 21.5 Å². The van der Waals surface area contributed by atoms with Crippen molar-refractivity contribution >= 4 is 5.97 Å². The molecule has 0 radical (unpaired) electrons. The number of nitriles is 1. The van der Waals surface area contributed by atoms with Crippen molar-refractivity contribution in [2.45, 2.75) is 6.42 Å². The highest BCUT2D eigenvalue weighted by atomic mass is 16.6. The van der Waals surface area contributed by atoms with Crippen molar-refractivity contribution in [2.75, 3.05) is 7.11 Å². The zero-order valence-electron chi connectivity index (χ0n) is 12.2. The molecular weight excluding hydrogens is 278 g/mol. The maximum absolute atomic E-state index is 12.2. The van der Waals surface area contributed by atoms with Gasteiger partial charge in [0.2, 0.25) is 0 Å². The Bertz CT molecular complexity index is 744. The van der Waals surface area contributed by atoms with E-state index >= 15 is 0 Å². The van der Waals surface area contributed by atoms with Gasteiger partial charge < -0.3 is 9.47 Å². The Morgan fingerprint density at radius 1 is 1.27 bits per heavy atom. The van der Waals surface area contributed by atoms with Crippen molar-refractivity contribution in [1.82, 2.24) is 0 Å². The van der Waals surface area contributed by atoms with Crippen LogP contribution in [0.3, 0.4) is 0 Å². The standard InChI is InChI=1S/C18H15NO3/c1-3-5-13-8-9-16(17(11-13)21-2)22-18(20)15-7-4-6-14(10-15)12-19/h3-4,6-11H,1,5H2,2H3. The molecule has 0 atom stereocenters. The molecule has 0 amide bonds. The number of carbonyl (C=O) groups is 1. The number of esters is 1. The lowest BCUT2D eigenvalue weighted by molar-refractivity contribution is 0.0729. The minimum Gasteiger partial charge on any atom is -0.493 e. The number of hydrogen-bond acceptors (Lipinski definition) is 4. The summed E-state index contributed by atoms with van der Waals surface area (Å²) in [7, 11) is 1.51. The molecule has 2 aromatic carbocycles. The van der Waals surface area contributed by atoms with Crippen molar-refractivity contribution in [3.63, 3.8) is 0 Å². The molecule has 0 aliphatic heterocycles. The molecule has 0 spiro atoms. The molecule has 0 aliphatic carbocycles. The normalized spacial score (nSPS) is 9.64. The van der Waals surface area contributed by atoms with Gasteiger partial charge in [-0.05, 0) is 42.3 Å². The summed E-state index contributed by atoms with van der Waals surface area (Å²) in [4.78, 5) is 12.2. The van der Waals surface area contributed by atoms with Crippen LogP contribution in [-0.4, -0.2) is 13.1 Å². The van der Waals surface area contributed by atoms with Crippen molar-refractivity contribution in [3.8, 4) is 17.6 Å². The Hall–Kier alpha value is -3.06. The predicted molar refractivity (Wildman–Crippen MR) is 83.0 cm³/mol. The van der Waals surface area contributed by atoms with Crippen LogP contribution in [-0.2, 0) is 6.42 Å². The first-order valence-corrected chi connectivity index (χ1v) is 6.68. The number of rotatable bonds is 5. The molecule has 2 rings (SSSR count). The topological polar surface area (TPSA) is 59.3 Å². The highest BCUT2D eigenvalue weighted by molar-refractivity contribution is 5.91. The first-order chi connectivity index (χ1) is 10.7. The number of hydrogen-bond donors (Lipinski definition) is 0. The first kappa shape index (κ1) is 15.3. The van der Waals surface area contributed by atoms with E-state index in [0.717, 1.165) is 5.56 Å². The Labute approximate surface area is 129 Å². The van der Waals surface area contributed by atoms with E-state index in [-0.39, 0.29) is 0 Å². The van der Waals surface area contributed by atoms with Gasteiger partial charge in [-0.2, -0.15) is 5.26 Å². The zero-order valence-corrected chi connectivity index (χ0v) is 12.2. The lowest BCUT2D eigenvalue weighted by Gasteiger charge is -2.10. The van der Waals surface area contributed by atoms with Gasteiger partial charge in [-0.15, -0.1) is 6.58 Å². The van der Waals surface area contributed by atoms with E-state index in [2.05, 4.69) is 6.58 Å². The zero-order chi connectivity index (χ0) is 15.9. The van der Waals surface area contributed by atoms with Gasteiger partial charge >= 0.3 is 5.97 Å². The second kappa shape index (κ2) is 7.09. The van der Waals surface area contributed by atoms with Crippen LogP contribution in [0.15, 0.2) is 55.1 Å². The average molecular weight is 293 g/mol. The van der Waals surface area contributed by atoms with Gasteiger partial charge in [0.05, 0.1) is 24.3 Å². The summed E-state index contributed by atoms with van der Waals surface area (Å²) in [5, 5.41) is 8.87. The third kappa shape index (κ3) is 3.53. The van der Waals surface area contributed by atoms with Crippen LogP contribution < -0.4 is 9.47 Å². The Morgan fingerprint density at radius 2 is 2.09 bits per heavy atom. The molecule has 0 aromatic heterocycles. The van der Waals surface area contributed by atoms with Gasteiger partial charge in [-0.25, -0.2) is 4.79 Å². The molecule has 22 heavy (non-hydrogen) atoms. The summed E-state index contributed by atoms with van der Waals surface area (Å²) in [6, 6.07) is 13.7. The second-order valence-electron chi connectivity index (χ2n) is 4.56. The van der Waals surface area contributed by atoms with Gasteiger partial charge in [0.25, 0.3) is 0 Å². The average Bonchev–Trinajstić information content (AvgIpc) is 2.56. The first-order valence-electron chi connectivity index (χ1n) is 6.68. The molecule has 4 heteroatoms. The Balaban J connectivity index is 2.24. The third-order valence-corrected chi connectivity index (χ3v) is 3.04. The molecule has 110 valence electrons. The van der Waals surface area contributed by atoms with Gasteiger partial charge in [0.15, 0.2) is 11.5 Å². The number of benzene rings is 2. The lowest BCUT2D eigenvalue weighted by atomic mass is 10.1. The van der Waals surface area contributed by atoms with Gasteiger partial charge in [0, 0.05) is 0 Å². The van der Waals surface area contributed by atoms with Crippen LogP contribution >= 0.6 is 0 Å². The molecule has 0 heterocycles. The van der Waals surface area contributed by atoms with Gasteiger partial charge in [-0.1, -0.05) is 18.2 Å². The van der Waals surface area contributed by atoms with Crippen molar-refractivity contribution in [2.24, 2.45) is 0 Å². The predicted octanol–water partition coefficient (Wildman–Crippen LogP) is 3.51. The summed E-state index contributed by atoms with van der Waals surface area (Å²) >= 11 is 0. The highest BCUT2D eigenvalue weighted by Crippen LogP contribution is 2.29. The van der Waals surface area contributed by atoms with E-state index in [9.17, 15) is 4.79 Å². The Kier molecular flexibility index (Phi) is 4.94.